The Hall–Kier alpha value is -0.290. The zero-order valence-corrected chi connectivity index (χ0v) is 18.6. The van der Waals surface area contributed by atoms with Gasteiger partial charge in [-0.2, -0.15) is 0 Å². The first-order valence-electron chi connectivity index (χ1n) is 9.65. The van der Waals surface area contributed by atoms with Crippen LogP contribution in [0.25, 0.3) is 0 Å². The third-order valence-corrected chi connectivity index (χ3v) is 5.93. The molecule has 0 aromatic heterocycles. The van der Waals surface area contributed by atoms with Crippen LogP contribution in [-0.2, 0) is 32.8 Å². The molecular formula is C16H33N2O12P. The van der Waals surface area contributed by atoms with Gasteiger partial charge in [0.25, 0.3) is 0 Å². The Balaban J connectivity index is 2.12. The van der Waals surface area contributed by atoms with E-state index in [4.69, 9.17) is 28.2 Å². The van der Waals surface area contributed by atoms with Crippen LogP contribution in [0.3, 0.4) is 0 Å². The van der Waals surface area contributed by atoms with Gasteiger partial charge in [-0.3, -0.25) is 4.52 Å². The average molecular weight is 476 g/mol. The second-order valence-electron chi connectivity index (χ2n) is 7.20. The Morgan fingerprint density at radius 1 is 0.935 bits per heavy atom. The molecule has 14 nitrogen and oxygen atoms in total. The van der Waals surface area contributed by atoms with E-state index in [1.54, 1.807) is 14.1 Å². The van der Waals surface area contributed by atoms with Crippen LogP contribution in [0.2, 0.25) is 0 Å². The van der Waals surface area contributed by atoms with Crippen molar-refractivity contribution in [3.05, 3.63) is 0 Å². The van der Waals surface area contributed by atoms with E-state index < -0.39 is 75.7 Å². The molecule has 0 aromatic rings. The first kappa shape index (κ1) is 27.0. The van der Waals surface area contributed by atoms with Gasteiger partial charge < -0.3 is 59.4 Å². The number of methoxy groups -OCH3 is 2. The minimum absolute atomic E-state index is 0.226. The fourth-order valence-electron chi connectivity index (χ4n) is 3.91. The Morgan fingerprint density at radius 3 is 2.03 bits per heavy atom. The number of phosphoric acid groups is 1. The average Bonchev–Trinajstić information content (AvgIpc) is 2.72. The largest absolute Gasteiger partial charge is 0.470 e. The van der Waals surface area contributed by atoms with Gasteiger partial charge in [-0.25, -0.2) is 4.57 Å². The highest BCUT2D eigenvalue weighted by molar-refractivity contribution is 7.46. The number of rotatable bonds is 10. The predicted octanol–water partition coefficient (Wildman–Crippen LogP) is -3.52. The van der Waals surface area contributed by atoms with Gasteiger partial charge in [0.1, 0.15) is 36.6 Å². The summed E-state index contributed by atoms with van der Waals surface area (Å²) in [6, 6.07) is -1.42. The molecule has 2 saturated heterocycles. The molecular weight excluding hydrogens is 443 g/mol. The van der Waals surface area contributed by atoms with Crippen molar-refractivity contribution >= 4 is 7.82 Å². The van der Waals surface area contributed by atoms with Crippen LogP contribution in [-0.4, -0.2) is 128 Å². The monoisotopic (exact) mass is 476 g/mol. The number of phosphoric ester groups is 1. The molecule has 7 N–H and O–H groups in total. The highest BCUT2D eigenvalue weighted by atomic mass is 31.2. The summed E-state index contributed by atoms with van der Waals surface area (Å²) in [5, 5.41) is 36.1. The molecule has 0 aromatic carbocycles. The zero-order chi connectivity index (χ0) is 23.3. The maximum atomic E-state index is 11.4. The third kappa shape index (κ3) is 6.40. The van der Waals surface area contributed by atoms with Crippen molar-refractivity contribution < 1.29 is 57.9 Å². The van der Waals surface area contributed by atoms with Gasteiger partial charge in [0.2, 0.25) is 0 Å². The lowest BCUT2D eigenvalue weighted by Crippen LogP contribution is -2.66. The number of hydrogen-bond donors (Lipinski definition) is 7. The lowest BCUT2D eigenvalue weighted by atomic mass is 9.96. The predicted molar refractivity (Wildman–Crippen MR) is 103 cm³/mol. The smallest absolute Gasteiger partial charge is 0.394 e. The first-order valence-corrected chi connectivity index (χ1v) is 11.2. The normalized spacial score (nSPS) is 42.0. The molecule has 7 unspecified atom stereocenters. The van der Waals surface area contributed by atoms with Crippen molar-refractivity contribution in [1.82, 2.24) is 10.6 Å². The number of likely N-dealkylation sites (N-methyl/N-ethyl adjacent to an activating group) is 2. The van der Waals surface area contributed by atoms with Crippen molar-refractivity contribution in [2.24, 2.45) is 0 Å². The Labute approximate surface area is 180 Å². The molecule has 0 radical (unpaired) electrons. The Kier molecular flexibility index (Phi) is 10.2. The summed E-state index contributed by atoms with van der Waals surface area (Å²) >= 11 is 0. The van der Waals surface area contributed by atoms with Gasteiger partial charge in [-0.15, -0.1) is 0 Å². The summed E-state index contributed by atoms with van der Waals surface area (Å²) in [6.45, 7) is -0.854. The number of nitrogens with one attached hydrogen (secondary N) is 2. The second kappa shape index (κ2) is 11.7. The lowest BCUT2D eigenvalue weighted by molar-refractivity contribution is -0.299. The second-order valence-corrected chi connectivity index (χ2v) is 8.40. The SMILES string of the molecule is CNC1C(OC)C(OP(=O)(O)O)C(CO)O[C@H]1OCC1O[C@H](O)C(NC)C(OC)[C@@H]1O. The summed E-state index contributed by atoms with van der Waals surface area (Å²) in [5.74, 6) is 0. The molecule has 2 heterocycles. The highest BCUT2D eigenvalue weighted by Crippen LogP contribution is 2.42. The van der Waals surface area contributed by atoms with Crippen molar-refractivity contribution in [3.63, 3.8) is 0 Å². The van der Waals surface area contributed by atoms with Gasteiger partial charge in [0.05, 0.1) is 25.3 Å². The van der Waals surface area contributed by atoms with Gasteiger partial charge >= 0.3 is 7.82 Å². The highest BCUT2D eigenvalue weighted by Gasteiger charge is 2.50. The lowest BCUT2D eigenvalue weighted by Gasteiger charge is -2.46. The first-order chi connectivity index (χ1) is 14.6. The maximum Gasteiger partial charge on any atom is 0.470 e. The van der Waals surface area contributed by atoms with Crippen LogP contribution in [0.4, 0.5) is 0 Å². The van der Waals surface area contributed by atoms with Crippen LogP contribution in [0, 0.1) is 0 Å². The fraction of sp³-hybridized carbons (Fsp3) is 1.00. The molecule has 2 rings (SSSR count). The van der Waals surface area contributed by atoms with Crippen LogP contribution in [0.5, 0.6) is 0 Å². The molecule has 0 aliphatic carbocycles. The van der Waals surface area contributed by atoms with E-state index in [2.05, 4.69) is 10.6 Å². The summed E-state index contributed by atoms with van der Waals surface area (Å²) in [4.78, 5) is 18.4. The van der Waals surface area contributed by atoms with Gasteiger partial charge in [0, 0.05) is 14.2 Å². The summed E-state index contributed by atoms with van der Waals surface area (Å²) in [5.41, 5.74) is 0. The summed E-state index contributed by atoms with van der Waals surface area (Å²) < 4.78 is 43.6. The van der Waals surface area contributed by atoms with E-state index in [-0.39, 0.29) is 6.61 Å². The van der Waals surface area contributed by atoms with Gasteiger partial charge in [0.15, 0.2) is 12.6 Å². The van der Waals surface area contributed by atoms with E-state index in [9.17, 15) is 29.7 Å². The number of hydrogen-bond acceptors (Lipinski definition) is 12. The molecule has 0 saturated carbocycles. The van der Waals surface area contributed by atoms with E-state index in [0.717, 1.165) is 0 Å². The molecule has 10 atom stereocenters. The van der Waals surface area contributed by atoms with Crippen LogP contribution in [0.15, 0.2) is 0 Å². The molecule has 2 fully saturated rings. The Morgan fingerprint density at radius 2 is 1.55 bits per heavy atom. The zero-order valence-electron chi connectivity index (χ0n) is 17.7. The molecule has 0 spiro atoms. The van der Waals surface area contributed by atoms with Crippen molar-refractivity contribution in [2.75, 3.05) is 41.5 Å². The summed E-state index contributed by atoms with van der Waals surface area (Å²) in [6.07, 6.45) is -8.64. The molecule has 0 bridgehead atoms. The van der Waals surface area contributed by atoms with Crippen LogP contribution < -0.4 is 10.6 Å². The van der Waals surface area contributed by atoms with Gasteiger partial charge in [-0.1, -0.05) is 0 Å². The van der Waals surface area contributed by atoms with Crippen LogP contribution >= 0.6 is 7.82 Å². The number of ether oxygens (including phenoxy) is 5. The van der Waals surface area contributed by atoms with E-state index in [1.807, 2.05) is 0 Å². The molecule has 0 amide bonds. The fourth-order valence-corrected chi connectivity index (χ4v) is 4.49. The number of aliphatic hydroxyl groups is 3. The van der Waals surface area contributed by atoms with Crippen LogP contribution in [0.1, 0.15) is 0 Å². The van der Waals surface area contributed by atoms with E-state index in [1.165, 1.54) is 14.2 Å². The Bertz CT molecular complexity index is 597. The minimum atomic E-state index is -4.90. The quantitative estimate of drug-likeness (QED) is 0.153. The minimum Gasteiger partial charge on any atom is -0.394 e. The van der Waals surface area contributed by atoms with Crippen molar-refractivity contribution in [1.29, 1.82) is 0 Å². The third-order valence-electron chi connectivity index (χ3n) is 5.41. The molecule has 31 heavy (non-hydrogen) atoms. The summed E-state index contributed by atoms with van der Waals surface area (Å²) in [7, 11) is 0.950. The van der Waals surface area contributed by atoms with Crippen molar-refractivity contribution in [2.45, 2.75) is 61.3 Å². The maximum absolute atomic E-state index is 11.4. The molecule has 15 heteroatoms. The number of aliphatic hydroxyl groups excluding tert-OH is 3. The van der Waals surface area contributed by atoms with Gasteiger partial charge in [-0.05, 0) is 14.1 Å². The topological polar surface area (TPSA) is 198 Å². The molecule has 2 aliphatic rings. The standard InChI is InChI=1S/C16H33N2O12P/c1-17-9-13(25-3)11(20)8(28-15(9)21)6-27-16-10(18-2)14(26-4)12(7(5-19)29-16)30-31(22,23)24/h7-21H,5-6H2,1-4H3,(H2,22,23,24)/t7?,8?,9?,10?,11-,12?,13?,14?,15+,16-/m1/s1. The van der Waals surface area contributed by atoms with E-state index >= 15 is 0 Å². The molecule has 184 valence electrons. The van der Waals surface area contributed by atoms with Crippen molar-refractivity contribution in [3.8, 4) is 0 Å². The van der Waals surface area contributed by atoms with E-state index in [0.29, 0.717) is 0 Å². The molecule has 2 aliphatic heterocycles.